The normalized spacial score (nSPS) is 33.4. The van der Waals surface area contributed by atoms with Gasteiger partial charge in [-0.1, -0.05) is 36.1 Å². The van der Waals surface area contributed by atoms with E-state index in [9.17, 15) is 0 Å². The number of ether oxygens (including phenoxy) is 1. The molecule has 0 saturated heterocycles. The number of aliphatic imine (C=N–C) groups is 1. The molecule has 3 heteroatoms. The van der Waals surface area contributed by atoms with Crippen LogP contribution < -0.4 is 0 Å². The number of fused-ring (bicyclic) bond motifs is 1. The predicted octanol–water partition coefficient (Wildman–Crippen LogP) is 1.60. The SMILES string of the molecule is COC1=NC2C=CC=CC2S1. The summed E-state index contributed by atoms with van der Waals surface area (Å²) in [6.07, 6.45) is 8.35. The van der Waals surface area contributed by atoms with E-state index in [2.05, 4.69) is 23.2 Å². The Labute approximate surface area is 70.0 Å². The molecule has 11 heavy (non-hydrogen) atoms. The molecule has 0 bridgehead atoms. The lowest BCUT2D eigenvalue weighted by Gasteiger charge is -2.10. The van der Waals surface area contributed by atoms with Crippen LogP contribution in [0.1, 0.15) is 0 Å². The van der Waals surface area contributed by atoms with Crippen LogP contribution in [-0.4, -0.2) is 23.6 Å². The number of thioether (sulfide) groups is 1. The molecule has 0 N–H and O–H groups in total. The topological polar surface area (TPSA) is 21.6 Å². The molecule has 2 unspecified atom stereocenters. The molecular formula is C8H9NOS. The second-order valence-electron chi connectivity index (χ2n) is 2.44. The highest BCUT2D eigenvalue weighted by Crippen LogP contribution is 2.30. The standard InChI is InChI=1S/C8H9NOS/c1-10-8-9-6-4-2-3-5-7(6)11-8/h2-7H,1H3. The molecule has 0 fully saturated rings. The number of nitrogens with zero attached hydrogens (tertiary/aromatic N) is 1. The molecule has 0 amide bonds. The molecule has 0 radical (unpaired) electrons. The van der Waals surface area contributed by atoms with Crippen molar-refractivity contribution in [1.82, 2.24) is 0 Å². The fourth-order valence-corrected chi connectivity index (χ4v) is 2.14. The first-order valence-corrected chi connectivity index (χ1v) is 4.41. The Morgan fingerprint density at radius 2 is 2.27 bits per heavy atom. The van der Waals surface area contributed by atoms with E-state index < -0.39 is 0 Å². The fraction of sp³-hybridized carbons (Fsp3) is 0.375. The van der Waals surface area contributed by atoms with Crippen LogP contribution in [0.15, 0.2) is 29.3 Å². The molecule has 58 valence electrons. The van der Waals surface area contributed by atoms with Crippen LogP contribution in [-0.2, 0) is 4.74 Å². The van der Waals surface area contributed by atoms with Crippen LogP contribution in [0.4, 0.5) is 0 Å². The molecule has 2 aliphatic rings. The van der Waals surface area contributed by atoms with Crippen molar-refractivity contribution in [3.63, 3.8) is 0 Å². The lowest BCUT2D eigenvalue weighted by molar-refractivity contribution is 0.415. The van der Waals surface area contributed by atoms with E-state index in [1.807, 2.05) is 6.08 Å². The average molecular weight is 167 g/mol. The van der Waals surface area contributed by atoms with Gasteiger partial charge in [-0.2, -0.15) is 0 Å². The Bertz CT molecular complexity index is 244. The Kier molecular flexibility index (Phi) is 1.74. The maximum absolute atomic E-state index is 5.05. The van der Waals surface area contributed by atoms with E-state index in [0.717, 1.165) is 5.23 Å². The zero-order valence-corrected chi connectivity index (χ0v) is 7.04. The van der Waals surface area contributed by atoms with Crippen LogP contribution in [0.2, 0.25) is 0 Å². The third kappa shape index (κ3) is 1.20. The molecule has 2 nitrogen and oxygen atoms in total. The lowest BCUT2D eigenvalue weighted by Crippen LogP contribution is -2.13. The summed E-state index contributed by atoms with van der Waals surface area (Å²) in [5, 5.41) is 1.27. The van der Waals surface area contributed by atoms with Crippen molar-refractivity contribution >= 4 is 17.0 Å². The van der Waals surface area contributed by atoms with E-state index in [-0.39, 0.29) is 0 Å². The minimum Gasteiger partial charge on any atom is -0.476 e. The van der Waals surface area contributed by atoms with Crippen molar-refractivity contribution in [2.45, 2.75) is 11.3 Å². The summed E-state index contributed by atoms with van der Waals surface area (Å²) in [7, 11) is 1.66. The number of rotatable bonds is 0. The Morgan fingerprint density at radius 1 is 1.45 bits per heavy atom. The van der Waals surface area contributed by atoms with Crippen molar-refractivity contribution in [2.75, 3.05) is 7.11 Å². The number of methoxy groups -OCH3 is 1. The third-order valence-electron chi connectivity index (χ3n) is 1.72. The van der Waals surface area contributed by atoms with Crippen LogP contribution >= 0.6 is 11.8 Å². The fourth-order valence-electron chi connectivity index (χ4n) is 1.17. The number of allylic oxidation sites excluding steroid dienone is 2. The van der Waals surface area contributed by atoms with Gasteiger partial charge in [-0.15, -0.1) is 0 Å². The van der Waals surface area contributed by atoms with E-state index in [1.54, 1.807) is 18.9 Å². The molecule has 1 aliphatic carbocycles. The van der Waals surface area contributed by atoms with E-state index in [1.165, 1.54) is 0 Å². The van der Waals surface area contributed by atoms with Crippen molar-refractivity contribution in [2.24, 2.45) is 4.99 Å². The molecule has 0 aromatic carbocycles. The smallest absolute Gasteiger partial charge is 0.246 e. The largest absolute Gasteiger partial charge is 0.476 e. The van der Waals surface area contributed by atoms with Gasteiger partial charge in [0.2, 0.25) is 5.23 Å². The Morgan fingerprint density at radius 3 is 3.00 bits per heavy atom. The zero-order chi connectivity index (χ0) is 7.68. The molecular weight excluding hydrogens is 158 g/mol. The van der Waals surface area contributed by atoms with E-state index >= 15 is 0 Å². The monoisotopic (exact) mass is 167 g/mol. The predicted molar refractivity (Wildman–Crippen MR) is 47.9 cm³/mol. The van der Waals surface area contributed by atoms with Gasteiger partial charge in [0.15, 0.2) is 0 Å². The van der Waals surface area contributed by atoms with Gasteiger partial charge >= 0.3 is 0 Å². The van der Waals surface area contributed by atoms with Gasteiger partial charge in [0.1, 0.15) is 0 Å². The molecule has 0 aromatic heterocycles. The number of hydrogen-bond donors (Lipinski definition) is 0. The quantitative estimate of drug-likeness (QED) is 0.546. The first-order chi connectivity index (χ1) is 5.40. The molecule has 1 aliphatic heterocycles. The maximum atomic E-state index is 5.05. The summed E-state index contributed by atoms with van der Waals surface area (Å²) in [4.78, 5) is 4.35. The molecule has 2 rings (SSSR count). The van der Waals surface area contributed by atoms with Gasteiger partial charge in [-0.05, 0) is 0 Å². The Hall–Kier alpha value is -0.700. The van der Waals surface area contributed by atoms with Gasteiger partial charge in [0.05, 0.1) is 18.4 Å². The molecule has 2 atom stereocenters. The van der Waals surface area contributed by atoms with E-state index in [4.69, 9.17) is 4.74 Å². The minimum absolute atomic E-state index is 0.306. The van der Waals surface area contributed by atoms with Crippen LogP contribution in [0, 0.1) is 0 Å². The molecule has 0 saturated carbocycles. The third-order valence-corrected chi connectivity index (χ3v) is 2.90. The molecule has 1 heterocycles. The molecule has 0 aromatic rings. The summed E-state index contributed by atoms with van der Waals surface area (Å²) in [6.45, 7) is 0. The van der Waals surface area contributed by atoms with Gasteiger partial charge < -0.3 is 4.74 Å². The highest BCUT2D eigenvalue weighted by atomic mass is 32.2. The van der Waals surface area contributed by atoms with Gasteiger partial charge in [0, 0.05) is 0 Å². The van der Waals surface area contributed by atoms with Crippen LogP contribution in [0.5, 0.6) is 0 Å². The molecule has 0 spiro atoms. The highest BCUT2D eigenvalue weighted by molar-refractivity contribution is 8.14. The first kappa shape index (κ1) is 6.98. The van der Waals surface area contributed by atoms with Crippen molar-refractivity contribution in [3.05, 3.63) is 24.3 Å². The highest BCUT2D eigenvalue weighted by Gasteiger charge is 2.27. The van der Waals surface area contributed by atoms with Crippen molar-refractivity contribution in [1.29, 1.82) is 0 Å². The summed E-state index contributed by atoms with van der Waals surface area (Å²) >= 11 is 1.68. The van der Waals surface area contributed by atoms with Crippen molar-refractivity contribution < 1.29 is 4.74 Å². The van der Waals surface area contributed by atoms with Crippen LogP contribution in [0.3, 0.4) is 0 Å². The minimum atomic E-state index is 0.306. The first-order valence-electron chi connectivity index (χ1n) is 3.53. The van der Waals surface area contributed by atoms with Gasteiger partial charge in [-0.25, -0.2) is 4.99 Å². The number of hydrogen-bond acceptors (Lipinski definition) is 3. The summed E-state index contributed by atoms with van der Waals surface area (Å²) < 4.78 is 5.05. The lowest BCUT2D eigenvalue weighted by atomic mass is 10.1. The second-order valence-corrected chi connectivity index (χ2v) is 3.57. The van der Waals surface area contributed by atoms with Crippen LogP contribution in [0.25, 0.3) is 0 Å². The summed E-state index contributed by atoms with van der Waals surface area (Å²) in [5.74, 6) is 0. The maximum Gasteiger partial charge on any atom is 0.246 e. The van der Waals surface area contributed by atoms with Gasteiger partial charge in [-0.3, -0.25) is 0 Å². The van der Waals surface area contributed by atoms with E-state index in [0.29, 0.717) is 11.3 Å². The summed E-state index contributed by atoms with van der Waals surface area (Å²) in [6, 6.07) is 0.306. The van der Waals surface area contributed by atoms with Crippen molar-refractivity contribution in [3.8, 4) is 0 Å². The zero-order valence-electron chi connectivity index (χ0n) is 6.23. The Balaban J connectivity index is 2.16. The average Bonchev–Trinajstić information content (AvgIpc) is 2.46. The second kappa shape index (κ2) is 2.74. The van der Waals surface area contributed by atoms with Gasteiger partial charge in [0.25, 0.3) is 0 Å². The summed E-state index contributed by atoms with van der Waals surface area (Å²) in [5.41, 5.74) is 0.